The maximum Gasteiger partial charge on any atom is 0.408 e. The second kappa shape index (κ2) is 10.5. The Balaban J connectivity index is 2.59. The molecule has 0 unspecified atom stereocenters. The summed E-state index contributed by atoms with van der Waals surface area (Å²) in [6.07, 6.45) is -1.01. The molecule has 0 aliphatic heterocycles. The molecule has 0 saturated heterocycles. The molecule has 0 aliphatic rings. The van der Waals surface area contributed by atoms with Crippen LogP contribution in [0.25, 0.3) is 11.1 Å². The van der Waals surface area contributed by atoms with Crippen LogP contribution in [0.15, 0.2) is 24.3 Å². The van der Waals surface area contributed by atoms with Gasteiger partial charge >= 0.3 is 12.1 Å². The van der Waals surface area contributed by atoms with Gasteiger partial charge in [-0.05, 0) is 101 Å². The lowest BCUT2D eigenvalue weighted by atomic mass is 9.89. The van der Waals surface area contributed by atoms with Crippen LogP contribution in [0.3, 0.4) is 0 Å². The smallest absolute Gasteiger partial charge is 0.408 e. The van der Waals surface area contributed by atoms with E-state index < -0.39 is 29.5 Å². The van der Waals surface area contributed by atoms with Gasteiger partial charge in [0.2, 0.25) is 0 Å². The summed E-state index contributed by atoms with van der Waals surface area (Å²) in [5, 5.41) is 11.9. The topological polar surface area (TPSA) is 88.4 Å². The van der Waals surface area contributed by atoms with Crippen molar-refractivity contribution in [3.63, 3.8) is 0 Å². The maximum atomic E-state index is 15.3. The number of nitriles is 1. The van der Waals surface area contributed by atoms with Gasteiger partial charge < -0.3 is 14.8 Å². The fraction of sp³-hybridized carbons (Fsp3) is 0.423. The van der Waals surface area contributed by atoms with Crippen molar-refractivity contribution in [1.29, 1.82) is 5.26 Å². The van der Waals surface area contributed by atoms with Crippen LogP contribution in [-0.2, 0) is 14.3 Å². The minimum absolute atomic E-state index is 0.159. The molecule has 6 nitrogen and oxygen atoms in total. The molecule has 0 fully saturated rings. The highest BCUT2D eigenvalue weighted by Gasteiger charge is 2.27. The fourth-order valence-electron chi connectivity index (χ4n) is 3.75. The largest absolute Gasteiger partial charge is 0.466 e. The number of amides is 1. The van der Waals surface area contributed by atoms with Crippen LogP contribution in [0.1, 0.15) is 68.0 Å². The first-order valence-electron chi connectivity index (χ1n) is 10.8. The number of esters is 1. The molecule has 0 bridgehead atoms. The summed E-state index contributed by atoms with van der Waals surface area (Å²) in [4.78, 5) is 24.7. The summed E-state index contributed by atoms with van der Waals surface area (Å²) in [5.74, 6) is -1.08. The Labute approximate surface area is 194 Å². The molecule has 0 saturated carbocycles. The molecule has 1 N–H and O–H groups in total. The van der Waals surface area contributed by atoms with Crippen molar-refractivity contribution in [3.05, 3.63) is 57.9 Å². The van der Waals surface area contributed by atoms with E-state index >= 15 is 4.39 Å². The summed E-state index contributed by atoms with van der Waals surface area (Å²) < 4.78 is 25.7. The Morgan fingerprint density at radius 2 is 1.70 bits per heavy atom. The summed E-state index contributed by atoms with van der Waals surface area (Å²) in [6, 6.07) is 8.04. The van der Waals surface area contributed by atoms with E-state index in [1.165, 1.54) is 0 Å². The van der Waals surface area contributed by atoms with Gasteiger partial charge in [-0.25, -0.2) is 9.18 Å². The van der Waals surface area contributed by atoms with Crippen LogP contribution >= 0.6 is 0 Å². The molecular weight excluding hydrogens is 423 g/mol. The van der Waals surface area contributed by atoms with Crippen molar-refractivity contribution in [2.75, 3.05) is 6.61 Å². The van der Waals surface area contributed by atoms with Gasteiger partial charge in [0.05, 0.1) is 30.7 Å². The van der Waals surface area contributed by atoms with E-state index in [1.807, 2.05) is 13.8 Å². The number of alkyl carbamates (subject to hydrolysis) is 1. The monoisotopic (exact) mass is 454 g/mol. The number of nitrogens with zero attached hydrogens (tertiary/aromatic N) is 1. The van der Waals surface area contributed by atoms with Crippen molar-refractivity contribution >= 4 is 12.1 Å². The summed E-state index contributed by atoms with van der Waals surface area (Å²) in [7, 11) is 0. The second-order valence-electron chi connectivity index (χ2n) is 9.00. The van der Waals surface area contributed by atoms with Crippen LogP contribution in [0.2, 0.25) is 0 Å². The normalized spacial score (nSPS) is 12.0. The third-order valence-electron chi connectivity index (χ3n) is 4.98. The molecular formula is C26H31FN2O4. The van der Waals surface area contributed by atoms with Crippen LogP contribution in [-0.4, -0.2) is 24.3 Å². The number of hydrogen-bond acceptors (Lipinski definition) is 5. The first kappa shape index (κ1) is 25.9. The number of carbonyl (C=O) groups excluding carboxylic acids is 2. The Hall–Kier alpha value is -3.40. The van der Waals surface area contributed by atoms with Gasteiger partial charge in [-0.2, -0.15) is 5.26 Å². The predicted molar refractivity (Wildman–Crippen MR) is 124 cm³/mol. The quantitative estimate of drug-likeness (QED) is 0.557. The molecule has 0 spiro atoms. The zero-order valence-corrected chi connectivity index (χ0v) is 20.3. The van der Waals surface area contributed by atoms with Crippen LogP contribution < -0.4 is 5.32 Å². The first-order chi connectivity index (χ1) is 15.4. The number of ether oxygens (including phenoxy) is 2. The standard InChI is InChI=1S/C26H31FN2O4/c1-8-32-22(30)13-21(29-25(31)33-26(5,6)7)20-12-19(11-17(4)24(20)27)23-15(2)9-18(14-28)10-16(23)3/h9-12,21H,8,13H2,1-7H3,(H,29,31)/t21-/m0/s1. The Bertz CT molecular complexity index is 1070. The van der Waals surface area contributed by atoms with E-state index in [4.69, 9.17) is 9.47 Å². The minimum Gasteiger partial charge on any atom is -0.466 e. The molecule has 2 aromatic rings. The van der Waals surface area contributed by atoms with Gasteiger partial charge in [0.1, 0.15) is 11.4 Å². The lowest BCUT2D eigenvalue weighted by Gasteiger charge is -2.25. The van der Waals surface area contributed by atoms with Crippen LogP contribution in [0.4, 0.5) is 9.18 Å². The number of benzene rings is 2. The van der Waals surface area contributed by atoms with E-state index in [0.717, 1.165) is 22.3 Å². The van der Waals surface area contributed by atoms with E-state index in [9.17, 15) is 14.9 Å². The third-order valence-corrected chi connectivity index (χ3v) is 4.98. The predicted octanol–water partition coefficient (Wildman–Crippen LogP) is 5.81. The minimum atomic E-state index is -0.989. The molecule has 0 heterocycles. The van der Waals surface area contributed by atoms with Gasteiger partial charge in [0, 0.05) is 5.56 Å². The average Bonchev–Trinajstić information content (AvgIpc) is 2.68. The van der Waals surface area contributed by atoms with Crippen LogP contribution in [0.5, 0.6) is 0 Å². The second-order valence-corrected chi connectivity index (χ2v) is 9.00. The molecule has 1 atom stereocenters. The van der Waals surface area contributed by atoms with Crippen molar-refractivity contribution in [2.45, 2.75) is 66.5 Å². The Morgan fingerprint density at radius 1 is 1.09 bits per heavy atom. The molecule has 176 valence electrons. The molecule has 0 aromatic heterocycles. The zero-order valence-electron chi connectivity index (χ0n) is 20.3. The number of hydrogen-bond donors (Lipinski definition) is 1. The maximum absolute atomic E-state index is 15.3. The Morgan fingerprint density at radius 3 is 2.21 bits per heavy atom. The van der Waals surface area contributed by atoms with E-state index in [-0.39, 0.29) is 18.6 Å². The van der Waals surface area contributed by atoms with Crippen LogP contribution in [0, 0.1) is 37.9 Å². The average molecular weight is 455 g/mol. The molecule has 7 heteroatoms. The first-order valence-corrected chi connectivity index (χ1v) is 10.8. The number of aryl methyl sites for hydroxylation is 3. The molecule has 0 aliphatic carbocycles. The molecule has 33 heavy (non-hydrogen) atoms. The highest BCUT2D eigenvalue weighted by Crippen LogP contribution is 2.34. The summed E-state index contributed by atoms with van der Waals surface area (Å²) in [6.45, 7) is 12.4. The number of rotatable bonds is 6. The molecule has 0 radical (unpaired) electrons. The van der Waals surface area contributed by atoms with Gasteiger partial charge in [-0.3, -0.25) is 4.79 Å². The highest BCUT2D eigenvalue weighted by atomic mass is 19.1. The number of halogens is 1. The van der Waals surface area contributed by atoms with Crippen molar-refractivity contribution < 1.29 is 23.5 Å². The van der Waals surface area contributed by atoms with E-state index in [2.05, 4.69) is 11.4 Å². The van der Waals surface area contributed by atoms with E-state index in [0.29, 0.717) is 11.1 Å². The van der Waals surface area contributed by atoms with E-state index in [1.54, 1.807) is 58.9 Å². The molecule has 1 amide bonds. The Kier molecular flexibility index (Phi) is 8.21. The molecule has 2 rings (SSSR count). The number of nitrogens with one attached hydrogen (secondary N) is 1. The van der Waals surface area contributed by atoms with Crippen molar-refractivity contribution in [2.24, 2.45) is 0 Å². The highest BCUT2D eigenvalue weighted by molar-refractivity contribution is 5.76. The van der Waals surface area contributed by atoms with Gasteiger partial charge in [0.15, 0.2) is 0 Å². The van der Waals surface area contributed by atoms with Gasteiger partial charge in [0.25, 0.3) is 0 Å². The zero-order chi connectivity index (χ0) is 24.9. The third kappa shape index (κ3) is 6.79. The summed E-state index contributed by atoms with van der Waals surface area (Å²) >= 11 is 0. The van der Waals surface area contributed by atoms with Crippen molar-refractivity contribution in [1.82, 2.24) is 5.32 Å². The SMILES string of the molecule is CCOC(=O)C[C@H](NC(=O)OC(C)(C)C)c1cc(-c2c(C)cc(C#N)cc2C)cc(C)c1F. The fourth-order valence-corrected chi connectivity index (χ4v) is 3.75. The van der Waals surface area contributed by atoms with Crippen molar-refractivity contribution in [3.8, 4) is 17.2 Å². The molecule has 2 aromatic carbocycles. The number of carbonyl (C=O) groups is 2. The summed E-state index contributed by atoms with van der Waals surface area (Å²) in [5.41, 5.74) is 3.63. The lowest BCUT2D eigenvalue weighted by molar-refractivity contribution is -0.143. The lowest BCUT2D eigenvalue weighted by Crippen LogP contribution is -2.36. The van der Waals surface area contributed by atoms with Gasteiger partial charge in [-0.1, -0.05) is 0 Å². The van der Waals surface area contributed by atoms with Gasteiger partial charge in [-0.15, -0.1) is 0 Å².